The summed E-state index contributed by atoms with van der Waals surface area (Å²) in [6, 6.07) is 6.65. The number of nitrogens with one attached hydrogen (secondary N) is 1. The highest BCUT2D eigenvalue weighted by Crippen LogP contribution is 2.25. The Morgan fingerprint density at radius 3 is 2.54 bits per heavy atom. The van der Waals surface area contributed by atoms with Crippen LogP contribution in [-0.4, -0.2) is 77.1 Å². The maximum absolute atomic E-state index is 13.5. The van der Waals surface area contributed by atoms with Gasteiger partial charge in [0, 0.05) is 25.7 Å². The number of urea groups is 1. The molecule has 1 atom stereocenters. The highest BCUT2D eigenvalue weighted by atomic mass is 16.5. The molecule has 0 radical (unpaired) electrons. The number of piperazine rings is 1. The molecule has 0 spiro atoms. The second kappa shape index (κ2) is 11.6. The highest BCUT2D eigenvalue weighted by molar-refractivity contribution is 6.04. The van der Waals surface area contributed by atoms with E-state index in [2.05, 4.69) is 15.3 Å². The van der Waals surface area contributed by atoms with Crippen LogP contribution in [0.5, 0.6) is 5.75 Å². The number of aromatic nitrogens is 2. The topological polar surface area (TPSA) is 114 Å². The lowest BCUT2D eigenvalue weighted by Crippen LogP contribution is -2.56. The number of para-hydroxylation sites is 2. The van der Waals surface area contributed by atoms with Gasteiger partial charge in [0.15, 0.2) is 0 Å². The van der Waals surface area contributed by atoms with E-state index in [0.29, 0.717) is 49.0 Å². The van der Waals surface area contributed by atoms with Crippen molar-refractivity contribution < 1.29 is 23.9 Å². The Morgan fingerprint density at radius 1 is 1.14 bits per heavy atom. The number of benzene rings is 1. The number of aryl methyl sites for hydroxylation is 2. The Kier molecular flexibility index (Phi) is 8.62. The number of methoxy groups -OCH3 is 1. The Bertz CT molecular complexity index is 1090. The molecular weight excluding hydrogens is 450 g/mol. The quantitative estimate of drug-likeness (QED) is 0.601. The van der Waals surface area contributed by atoms with E-state index in [1.165, 1.54) is 0 Å². The molecule has 1 N–H and O–H groups in total. The number of anilines is 1. The van der Waals surface area contributed by atoms with E-state index in [1.54, 1.807) is 42.9 Å². The zero-order valence-corrected chi connectivity index (χ0v) is 21.0. The summed E-state index contributed by atoms with van der Waals surface area (Å²) in [5.74, 6) is 0.0262. The zero-order valence-electron chi connectivity index (χ0n) is 21.0. The fourth-order valence-corrected chi connectivity index (χ4v) is 4.15. The maximum atomic E-state index is 13.5. The van der Waals surface area contributed by atoms with Crippen LogP contribution in [0.15, 0.2) is 24.3 Å². The molecule has 3 rings (SSSR count). The second-order valence-corrected chi connectivity index (χ2v) is 8.34. The third-order valence-corrected chi connectivity index (χ3v) is 5.79. The summed E-state index contributed by atoms with van der Waals surface area (Å²) in [4.78, 5) is 51.3. The van der Waals surface area contributed by atoms with Crippen molar-refractivity contribution in [2.75, 3.05) is 38.7 Å². The SMILES string of the molecule is CCCc1nc(C)nc(C(=O)N2CCN(C(=O)Nc3ccccc3OC)C(C)C2)c1C(=O)OCC. The number of nitrogens with zero attached hydrogens (tertiary/aromatic N) is 4. The number of carbonyl (C=O) groups is 3. The van der Waals surface area contributed by atoms with Crippen molar-refractivity contribution in [3.8, 4) is 5.75 Å². The minimum absolute atomic E-state index is 0.0542. The van der Waals surface area contributed by atoms with Crippen LogP contribution < -0.4 is 10.1 Å². The van der Waals surface area contributed by atoms with Crippen molar-refractivity contribution in [1.29, 1.82) is 0 Å². The molecular formula is C25H33N5O5. The van der Waals surface area contributed by atoms with Gasteiger partial charge in [-0.1, -0.05) is 25.5 Å². The van der Waals surface area contributed by atoms with Gasteiger partial charge in [0.25, 0.3) is 5.91 Å². The number of hydrogen-bond acceptors (Lipinski definition) is 7. The maximum Gasteiger partial charge on any atom is 0.342 e. The molecule has 1 aromatic heterocycles. The third kappa shape index (κ3) is 5.87. The number of carbonyl (C=O) groups excluding carboxylic acids is 3. The monoisotopic (exact) mass is 483 g/mol. The van der Waals surface area contributed by atoms with Gasteiger partial charge in [0.05, 0.1) is 25.1 Å². The summed E-state index contributed by atoms with van der Waals surface area (Å²) in [6.07, 6.45) is 1.29. The van der Waals surface area contributed by atoms with E-state index in [9.17, 15) is 14.4 Å². The average Bonchev–Trinajstić information content (AvgIpc) is 2.83. The number of ether oxygens (including phenoxy) is 2. The van der Waals surface area contributed by atoms with E-state index in [4.69, 9.17) is 9.47 Å². The van der Waals surface area contributed by atoms with Crippen LogP contribution in [0.4, 0.5) is 10.5 Å². The van der Waals surface area contributed by atoms with Crippen LogP contribution in [-0.2, 0) is 11.2 Å². The first-order valence-corrected chi connectivity index (χ1v) is 11.8. The molecule has 0 bridgehead atoms. The molecule has 10 nitrogen and oxygen atoms in total. The van der Waals surface area contributed by atoms with Crippen LogP contribution in [0.1, 0.15) is 59.6 Å². The summed E-state index contributed by atoms with van der Waals surface area (Å²) < 4.78 is 10.5. The summed E-state index contributed by atoms with van der Waals surface area (Å²) in [7, 11) is 1.54. The lowest BCUT2D eigenvalue weighted by atomic mass is 10.1. The Balaban J connectivity index is 1.79. The normalized spacial score (nSPS) is 15.5. The lowest BCUT2D eigenvalue weighted by molar-refractivity contribution is 0.0502. The fraction of sp³-hybridized carbons (Fsp3) is 0.480. The molecule has 1 fully saturated rings. The molecule has 2 aromatic rings. The van der Waals surface area contributed by atoms with Gasteiger partial charge in [-0.15, -0.1) is 0 Å². The molecule has 0 saturated carbocycles. The van der Waals surface area contributed by atoms with Crippen molar-refractivity contribution in [2.24, 2.45) is 0 Å². The first-order valence-electron chi connectivity index (χ1n) is 11.8. The summed E-state index contributed by atoms with van der Waals surface area (Å²) >= 11 is 0. The molecule has 1 aliphatic rings. The van der Waals surface area contributed by atoms with E-state index in [-0.39, 0.29) is 35.8 Å². The predicted octanol–water partition coefficient (Wildman–Crippen LogP) is 3.30. The molecule has 1 aromatic carbocycles. The van der Waals surface area contributed by atoms with Crippen molar-refractivity contribution in [3.05, 3.63) is 47.0 Å². The average molecular weight is 484 g/mol. The van der Waals surface area contributed by atoms with Gasteiger partial charge in [-0.2, -0.15) is 0 Å². The summed E-state index contributed by atoms with van der Waals surface area (Å²) in [6.45, 7) is 8.38. The first kappa shape index (κ1) is 25.9. The third-order valence-electron chi connectivity index (χ3n) is 5.79. The van der Waals surface area contributed by atoms with Crippen molar-refractivity contribution in [3.63, 3.8) is 0 Å². The van der Waals surface area contributed by atoms with Crippen LogP contribution in [0.25, 0.3) is 0 Å². The van der Waals surface area contributed by atoms with Gasteiger partial charge >= 0.3 is 12.0 Å². The van der Waals surface area contributed by atoms with Gasteiger partial charge < -0.3 is 24.6 Å². The van der Waals surface area contributed by atoms with Crippen LogP contribution >= 0.6 is 0 Å². The van der Waals surface area contributed by atoms with Crippen LogP contribution in [0.2, 0.25) is 0 Å². The zero-order chi connectivity index (χ0) is 25.5. The predicted molar refractivity (Wildman–Crippen MR) is 131 cm³/mol. The number of esters is 1. The van der Waals surface area contributed by atoms with E-state index in [0.717, 1.165) is 6.42 Å². The molecule has 0 aliphatic carbocycles. The minimum Gasteiger partial charge on any atom is -0.495 e. The number of amides is 3. The lowest BCUT2D eigenvalue weighted by Gasteiger charge is -2.39. The van der Waals surface area contributed by atoms with Crippen LogP contribution in [0.3, 0.4) is 0 Å². The van der Waals surface area contributed by atoms with Crippen molar-refractivity contribution in [2.45, 2.75) is 46.6 Å². The molecule has 188 valence electrons. The number of rotatable bonds is 7. The highest BCUT2D eigenvalue weighted by Gasteiger charge is 2.34. The Hall–Kier alpha value is -3.69. The van der Waals surface area contributed by atoms with Crippen molar-refractivity contribution >= 4 is 23.6 Å². The van der Waals surface area contributed by atoms with Gasteiger partial charge in [-0.05, 0) is 39.3 Å². The Labute approximate surface area is 205 Å². The van der Waals surface area contributed by atoms with Gasteiger partial charge in [0.1, 0.15) is 22.8 Å². The van der Waals surface area contributed by atoms with Gasteiger partial charge in [-0.3, -0.25) is 4.79 Å². The molecule has 1 saturated heterocycles. The van der Waals surface area contributed by atoms with Gasteiger partial charge in [0.2, 0.25) is 0 Å². The minimum atomic E-state index is -0.595. The summed E-state index contributed by atoms with van der Waals surface area (Å²) in [5.41, 5.74) is 1.28. The molecule has 1 unspecified atom stereocenters. The fourth-order valence-electron chi connectivity index (χ4n) is 4.15. The molecule has 3 amide bonds. The van der Waals surface area contributed by atoms with E-state index < -0.39 is 5.97 Å². The largest absolute Gasteiger partial charge is 0.495 e. The molecule has 35 heavy (non-hydrogen) atoms. The molecule has 2 heterocycles. The molecule has 10 heteroatoms. The smallest absolute Gasteiger partial charge is 0.342 e. The second-order valence-electron chi connectivity index (χ2n) is 8.34. The first-order chi connectivity index (χ1) is 16.8. The van der Waals surface area contributed by atoms with E-state index in [1.807, 2.05) is 26.0 Å². The Morgan fingerprint density at radius 2 is 1.89 bits per heavy atom. The summed E-state index contributed by atoms with van der Waals surface area (Å²) in [5, 5.41) is 2.88. The molecule has 1 aliphatic heterocycles. The van der Waals surface area contributed by atoms with Crippen LogP contribution in [0, 0.1) is 6.92 Å². The number of hydrogen-bond donors (Lipinski definition) is 1. The van der Waals surface area contributed by atoms with E-state index >= 15 is 0 Å². The van der Waals surface area contributed by atoms with Crippen molar-refractivity contribution in [1.82, 2.24) is 19.8 Å². The standard InChI is InChI=1S/C25H33N5O5/c1-6-10-19-21(24(32)35-7-2)22(27-17(4)26-19)23(31)29-13-14-30(16(3)15-29)25(33)28-18-11-8-9-12-20(18)34-5/h8-9,11-12,16H,6-7,10,13-15H2,1-5H3,(H,28,33). The van der Waals surface area contributed by atoms with Gasteiger partial charge in [-0.25, -0.2) is 19.6 Å².